The molecule has 3 N–H and O–H groups in total. The molecule has 4 rings (SSSR count). The number of allylic oxidation sites excluding steroid dienone is 1. The maximum atomic E-state index is 13.3. The summed E-state index contributed by atoms with van der Waals surface area (Å²) in [6.45, 7) is 3.46. The molecule has 1 amide bonds. The van der Waals surface area contributed by atoms with E-state index >= 15 is 0 Å². The molecule has 230 valence electrons. The van der Waals surface area contributed by atoms with Gasteiger partial charge in [-0.05, 0) is 62.0 Å². The van der Waals surface area contributed by atoms with Crippen LogP contribution in [0.2, 0.25) is 0 Å². The van der Waals surface area contributed by atoms with Crippen molar-refractivity contribution in [2.75, 3.05) is 20.3 Å². The number of esters is 1. The Kier molecular flexibility index (Phi) is 11.3. The minimum atomic E-state index is -0.653. The number of amides is 1. The van der Waals surface area contributed by atoms with Crippen LogP contribution in [0.3, 0.4) is 0 Å². The van der Waals surface area contributed by atoms with E-state index in [9.17, 15) is 14.0 Å². The molecule has 0 saturated heterocycles. The van der Waals surface area contributed by atoms with Gasteiger partial charge >= 0.3 is 5.97 Å². The van der Waals surface area contributed by atoms with E-state index in [2.05, 4.69) is 37.1 Å². The number of para-hydroxylation sites is 1. The minimum Gasteiger partial charge on any atom is -0.493 e. The molecule has 0 spiro atoms. The van der Waals surface area contributed by atoms with Crippen LogP contribution >= 0.6 is 28.1 Å². The van der Waals surface area contributed by atoms with Gasteiger partial charge in [-0.15, -0.1) is 0 Å². The lowest BCUT2D eigenvalue weighted by atomic mass is 9.95. The Morgan fingerprint density at radius 1 is 1.11 bits per heavy atom. The van der Waals surface area contributed by atoms with Crippen molar-refractivity contribution in [2.45, 2.75) is 26.5 Å². The Bertz CT molecular complexity index is 1600. The van der Waals surface area contributed by atoms with Crippen molar-refractivity contribution in [3.63, 3.8) is 0 Å². The highest BCUT2D eigenvalue weighted by Gasteiger charge is 2.32. The molecular formula is C31H30BrFN4O6S. The summed E-state index contributed by atoms with van der Waals surface area (Å²) in [5.74, 6) is -0.173. The zero-order chi connectivity index (χ0) is 31.6. The number of benzene rings is 3. The maximum Gasteiger partial charge on any atom is 0.338 e. The summed E-state index contributed by atoms with van der Waals surface area (Å²) in [6, 6.07) is 15.8. The fraction of sp³-hybridized carbons (Fsp3) is 0.226. The van der Waals surface area contributed by atoms with Crippen molar-refractivity contribution in [2.24, 2.45) is 5.10 Å². The lowest BCUT2D eigenvalue weighted by molar-refractivity contribution is -0.139. The Morgan fingerprint density at radius 3 is 2.59 bits per heavy atom. The van der Waals surface area contributed by atoms with Crippen LogP contribution in [0.1, 0.15) is 36.6 Å². The molecule has 3 aromatic rings. The van der Waals surface area contributed by atoms with E-state index in [-0.39, 0.29) is 25.6 Å². The highest BCUT2D eigenvalue weighted by Crippen LogP contribution is 2.35. The molecule has 0 radical (unpaired) electrons. The van der Waals surface area contributed by atoms with Crippen molar-refractivity contribution in [1.29, 1.82) is 0 Å². The number of hydrogen-bond donors (Lipinski definition) is 3. The number of carbonyl (C=O) groups excluding carboxylic acids is 2. The van der Waals surface area contributed by atoms with E-state index in [1.54, 1.807) is 62.4 Å². The molecule has 0 aliphatic carbocycles. The average Bonchev–Trinajstić information content (AvgIpc) is 3.00. The van der Waals surface area contributed by atoms with Crippen LogP contribution in [0, 0.1) is 5.82 Å². The molecule has 0 unspecified atom stereocenters. The van der Waals surface area contributed by atoms with Gasteiger partial charge in [-0.3, -0.25) is 4.79 Å². The second-order valence-electron chi connectivity index (χ2n) is 9.35. The number of hydrogen-bond acceptors (Lipinski definition) is 8. The van der Waals surface area contributed by atoms with E-state index in [1.165, 1.54) is 25.5 Å². The Hall–Kier alpha value is -4.49. The number of rotatable bonds is 12. The van der Waals surface area contributed by atoms with Crippen LogP contribution in [0.15, 0.2) is 81.5 Å². The topological polar surface area (TPSA) is 120 Å². The summed E-state index contributed by atoms with van der Waals surface area (Å²) in [6.07, 6.45) is 1.41. The van der Waals surface area contributed by atoms with Crippen molar-refractivity contribution in [3.05, 3.63) is 98.9 Å². The number of methoxy groups -OCH3 is 1. The summed E-state index contributed by atoms with van der Waals surface area (Å²) >= 11 is 8.75. The molecule has 1 aliphatic rings. The van der Waals surface area contributed by atoms with Gasteiger partial charge in [-0.2, -0.15) is 5.10 Å². The predicted molar refractivity (Wildman–Crippen MR) is 170 cm³/mol. The molecule has 3 aromatic carbocycles. The number of ether oxygens (including phenoxy) is 4. The highest BCUT2D eigenvalue weighted by atomic mass is 79.9. The van der Waals surface area contributed by atoms with E-state index in [0.29, 0.717) is 49.2 Å². The van der Waals surface area contributed by atoms with E-state index in [4.69, 9.17) is 31.2 Å². The molecule has 1 atom stereocenters. The zero-order valence-electron chi connectivity index (χ0n) is 24.1. The Morgan fingerprint density at radius 2 is 1.86 bits per heavy atom. The number of nitrogens with zero attached hydrogens (tertiary/aromatic N) is 1. The van der Waals surface area contributed by atoms with Gasteiger partial charge in [0.15, 0.2) is 23.2 Å². The van der Waals surface area contributed by atoms with Crippen molar-refractivity contribution in [3.8, 4) is 17.2 Å². The van der Waals surface area contributed by atoms with E-state index < -0.39 is 17.9 Å². The summed E-state index contributed by atoms with van der Waals surface area (Å²) in [7, 11) is 1.50. The van der Waals surface area contributed by atoms with Crippen LogP contribution in [0.4, 0.5) is 4.39 Å². The Labute approximate surface area is 267 Å². The van der Waals surface area contributed by atoms with Gasteiger partial charge in [0, 0.05) is 21.3 Å². The average molecular weight is 686 g/mol. The molecule has 0 aromatic heterocycles. The Balaban J connectivity index is 1.45. The molecular weight excluding hydrogens is 655 g/mol. The quantitative estimate of drug-likeness (QED) is 0.104. The van der Waals surface area contributed by atoms with E-state index in [1.807, 2.05) is 0 Å². The maximum absolute atomic E-state index is 13.3. The van der Waals surface area contributed by atoms with Gasteiger partial charge in [-0.25, -0.2) is 14.6 Å². The first-order valence-electron chi connectivity index (χ1n) is 13.4. The summed E-state index contributed by atoms with van der Waals surface area (Å²) in [5, 5.41) is 10.5. The van der Waals surface area contributed by atoms with Crippen LogP contribution in [-0.2, 0) is 20.9 Å². The summed E-state index contributed by atoms with van der Waals surface area (Å²) < 4.78 is 36.5. The number of nitrogens with one attached hydrogen (secondary N) is 3. The normalized spacial score (nSPS) is 14.5. The van der Waals surface area contributed by atoms with E-state index in [0.717, 1.165) is 5.56 Å². The minimum absolute atomic E-state index is 0.155. The molecule has 13 heteroatoms. The second kappa shape index (κ2) is 15.3. The molecule has 0 fully saturated rings. The van der Waals surface area contributed by atoms with Crippen molar-refractivity contribution >= 4 is 51.4 Å². The monoisotopic (exact) mass is 684 g/mol. The third-order valence-corrected chi connectivity index (χ3v) is 6.99. The van der Waals surface area contributed by atoms with Crippen LogP contribution in [-0.4, -0.2) is 43.5 Å². The van der Waals surface area contributed by atoms with Gasteiger partial charge in [0.2, 0.25) is 0 Å². The molecule has 10 nitrogen and oxygen atoms in total. The second-order valence-corrected chi connectivity index (χ2v) is 10.7. The lowest BCUT2D eigenvalue weighted by Gasteiger charge is -2.30. The largest absolute Gasteiger partial charge is 0.493 e. The van der Waals surface area contributed by atoms with Crippen LogP contribution < -0.4 is 30.3 Å². The standard InChI is InChI=1S/C31H30BrFN4O6S/c1-4-41-30(39)27-18(2)35-31(44)36-28(27)23-7-5-6-8-24(23)42-17-26(38)37-34-15-20-13-21(32)14-25(40-3)29(20)43-16-19-9-11-22(33)12-10-19/h5-15,28H,4,16-17H2,1-3H3,(H,37,38)(H2,35,36,44)/t28-/m0/s1. The van der Waals surface area contributed by atoms with Crippen LogP contribution in [0.5, 0.6) is 17.2 Å². The van der Waals surface area contributed by atoms with Crippen molar-refractivity contribution in [1.82, 2.24) is 16.1 Å². The van der Waals surface area contributed by atoms with Gasteiger partial charge < -0.3 is 29.6 Å². The number of hydrazone groups is 1. The molecule has 44 heavy (non-hydrogen) atoms. The zero-order valence-corrected chi connectivity index (χ0v) is 26.5. The molecule has 0 bridgehead atoms. The third kappa shape index (κ3) is 8.32. The smallest absolute Gasteiger partial charge is 0.338 e. The summed E-state index contributed by atoms with van der Waals surface area (Å²) in [5.41, 5.74) is 5.23. The third-order valence-electron chi connectivity index (χ3n) is 6.31. The van der Waals surface area contributed by atoms with Gasteiger partial charge in [0.1, 0.15) is 18.2 Å². The predicted octanol–water partition coefficient (Wildman–Crippen LogP) is 5.06. The molecule has 1 heterocycles. The summed E-state index contributed by atoms with van der Waals surface area (Å²) in [4.78, 5) is 25.5. The highest BCUT2D eigenvalue weighted by molar-refractivity contribution is 9.10. The van der Waals surface area contributed by atoms with Gasteiger partial charge in [0.25, 0.3) is 5.91 Å². The fourth-order valence-corrected chi connectivity index (χ4v) is 5.06. The molecule has 0 saturated carbocycles. The molecule has 1 aliphatic heterocycles. The first kappa shape index (κ1) is 32.4. The SMILES string of the molecule is CCOC(=O)C1=C(C)NC(=S)N[C@H]1c1ccccc1OCC(=O)NN=Cc1cc(Br)cc(OC)c1OCc1ccc(F)cc1. The van der Waals surface area contributed by atoms with Gasteiger partial charge in [0.05, 0.1) is 31.5 Å². The number of thiocarbonyl (C=S) groups is 1. The number of carbonyl (C=O) groups is 2. The van der Waals surface area contributed by atoms with Crippen LogP contribution in [0.25, 0.3) is 0 Å². The fourth-order valence-electron chi connectivity index (χ4n) is 4.33. The van der Waals surface area contributed by atoms with Crippen molar-refractivity contribution < 1.29 is 32.9 Å². The lowest BCUT2D eigenvalue weighted by Crippen LogP contribution is -2.45. The first-order chi connectivity index (χ1) is 21.2. The first-order valence-corrected chi connectivity index (χ1v) is 14.6. The van der Waals surface area contributed by atoms with Gasteiger partial charge in [-0.1, -0.05) is 46.3 Å². The number of halogens is 2.